The predicted molar refractivity (Wildman–Crippen MR) is 129 cm³/mol. The summed E-state index contributed by atoms with van der Waals surface area (Å²) in [7, 11) is 3.19. The molecule has 6 nitrogen and oxygen atoms in total. The van der Waals surface area contributed by atoms with Gasteiger partial charge in [0.2, 0.25) is 0 Å². The molecule has 2 aromatic carbocycles. The summed E-state index contributed by atoms with van der Waals surface area (Å²) in [6, 6.07) is 12.5. The van der Waals surface area contributed by atoms with Gasteiger partial charge in [-0.05, 0) is 49.2 Å². The molecule has 1 aromatic heterocycles. The molecule has 0 N–H and O–H groups in total. The minimum absolute atomic E-state index is 0.0917. The van der Waals surface area contributed by atoms with E-state index < -0.39 is 0 Å². The molecule has 0 spiro atoms. The van der Waals surface area contributed by atoms with E-state index in [2.05, 4.69) is 13.8 Å². The van der Waals surface area contributed by atoms with Crippen molar-refractivity contribution in [1.29, 1.82) is 0 Å². The van der Waals surface area contributed by atoms with Crippen molar-refractivity contribution in [3.63, 3.8) is 0 Å². The number of halogens is 2. The van der Waals surface area contributed by atoms with Crippen LogP contribution in [0.5, 0.6) is 11.5 Å². The Morgan fingerprint density at radius 1 is 0.969 bits per heavy atom. The van der Waals surface area contributed by atoms with Crippen LogP contribution < -0.4 is 9.47 Å². The highest BCUT2D eigenvalue weighted by atomic mass is 35.5. The molecule has 0 fully saturated rings. The summed E-state index contributed by atoms with van der Waals surface area (Å²) >= 11 is 12.4. The van der Waals surface area contributed by atoms with Crippen LogP contribution in [-0.2, 0) is 0 Å². The van der Waals surface area contributed by atoms with Crippen LogP contribution >= 0.6 is 23.2 Å². The van der Waals surface area contributed by atoms with Crippen molar-refractivity contribution in [3.05, 3.63) is 58.2 Å². The zero-order valence-corrected chi connectivity index (χ0v) is 20.2. The lowest BCUT2D eigenvalue weighted by Crippen LogP contribution is -2.33. The fourth-order valence-corrected chi connectivity index (χ4v) is 3.80. The lowest BCUT2D eigenvalue weighted by molar-refractivity contribution is 0.0746. The van der Waals surface area contributed by atoms with Gasteiger partial charge < -0.3 is 14.4 Å². The summed E-state index contributed by atoms with van der Waals surface area (Å²) in [5, 5.41) is 5.58. The van der Waals surface area contributed by atoms with E-state index in [-0.39, 0.29) is 5.91 Å². The Balaban J connectivity index is 2.18. The molecule has 1 amide bonds. The van der Waals surface area contributed by atoms with E-state index in [1.165, 1.54) is 0 Å². The van der Waals surface area contributed by atoms with Gasteiger partial charge in [-0.3, -0.25) is 4.79 Å². The van der Waals surface area contributed by atoms with Gasteiger partial charge in [0.25, 0.3) is 5.91 Å². The molecule has 0 radical (unpaired) electrons. The van der Waals surface area contributed by atoms with Crippen LogP contribution in [0.25, 0.3) is 16.9 Å². The molecular formula is C24H27Cl2N3O3. The normalized spacial score (nSPS) is 10.8. The topological polar surface area (TPSA) is 56.6 Å². The number of benzene rings is 2. The van der Waals surface area contributed by atoms with Gasteiger partial charge in [-0.15, -0.1) is 0 Å². The second-order valence-corrected chi connectivity index (χ2v) is 8.10. The molecule has 32 heavy (non-hydrogen) atoms. The van der Waals surface area contributed by atoms with E-state index in [1.807, 2.05) is 17.0 Å². The first-order chi connectivity index (χ1) is 15.4. The molecule has 0 bridgehead atoms. The Kier molecular flexibility index (Phi) is 8.04. The Morgan fingerprint density at radius 3 is 2.28 bits per heavy atom. The zero-order valence-electron chi connectivity index (χ0n) is 18.7. The van der Waals surface area contributed by atoms with Gasteiger partial charge in [-0.2, -0.15) is 5.10 Å². The summed E-state index contributed by atoms with van der Waals surface area (Å²) in [5.74, 6) is 1.18. The fraction of sp³-hybridized carbons (Fsp3) is 0.333. The van der Waals surface area contributed by atoms with Gasteiger partial charge in [0.05, 0.1) is 35.6 Å². The lowest BCUT2D eigenvalue weighted by Gasteiger charge is -2.21. The largest absolute Gasteiger partial charge is 0.497 e. The third-order valence-corrected chi connectivity index (χ3v) is 5.77. The molecule has 0 saturated carbocycles. The number of hydrogen-bond acceptors (Lipinski definition) is 4. The average Bonchev–Trinajstić information content (AvgIpc) is 3.25. The van der Waals surface area contributed by atoms with Crippen LogP contribution in [-0.4, -0.2) is 47.9 Å². The van der Waals surface area contributed by atoms with Crippen molar-refractivity contribution >= 4 is 29.1 Å². The van der Waals surface area contributed by atoms with Gasteiger partial charge in [-0.1, -0.05) is 37.0 Å². The van der Waals surface area contributed by atoms with Crippen LogP contribution in [0.4, 0.5) is 0 Å². The summed E-state index contributed by atoms with van der Waals surface area (Å²) in [5.41, 5.74) is 2.44. The highest BCUT2D eigenvalue weighted by Gasteiger charge is 2.23. The number of rotatable bonds is 9. The van der Waals surface area contributed by atoms with Gasteiger partial charge in [0.1, 0.15) is 17.2 Å². The van der Waals surface area contributed by atoms with Crippen LogP contribution in [0.2, 0.25) is 10.0 Å². The number of nitrogens with zero attached hydrogens (tertiary/aromatic N) is 3. The maximum Gasteiger partial charge on any atom is 0.272 e. The Morgan fingerprint density at radius 2 is 1.69 bits per heavy atom. The van der Waals surface area contributed by atoms with Crippen molar-refractivity contribution < 1.29 is 14.3 Å². The van der Waals surface area contributed by atoms with Crippen molar-refractivity contribution in [1.82, 2.24) is 14.7 Å². The Hall–Kier alpha value is -2.70. The number of aromatic nitrogens is 2. The predicted octanol–water partition coefficient (Wildman–Crippen LogP) is 6.13. The lowest BCUT2D eigenvalue weighted by atomic mass is 10.1. The van der Waals surface area contributed by atoms with Crippen molar-refractivity contribution in [2.45, 2.75) is 26.7 Å². The number of carbonyl (C=O) groups is 1. The molecule has 0 atom stereocenters. The van der Waals surface area contributed by atoms with Gasteiger partial charge in [-0.25, -0.2) is 4.68 Å². The number of amides is 1. The van der Waals surface area contributed by atoms with Crippen LogP contribution in [0.15, 0.2) is 42.5 Å². The number of carbonyl (C=O) groups excluding carboxylic acids is 1. The van der Waals surface area contributed by atoms with E-state index in [9.17, 15) is 4.79 Å². The second-order valence-electron chi connectivity index (χ2n) is 7.28. The minimum atomic E-state index is -0.0917. The number of hydrogen-bond donors (Lipinski definition) is 0. The fourth-order valence-electron chi connectivity index (χ4n) is 3.51. The Bertz CT molecular complexity index is 1090. The number of methoxy groups -OCH3 is 2. The molecule has 0 aliphatic carbocycles. The quantitative estimate of drug-likeness (QED) is 0.373. The molecule has 3 aromatic rings. The van der Waals surface area contributed by atoms with E-state index in [1.54, 1.807) is 49.2 Å². The molecule has 170 valence electrons. The molecule has 0 saturated heterocycles. The second kappa shape index (κ2) is 10.7. The maximum atomic E-state index is 13.5. The third kappa shape index (κ3) is 5.03. The first-order valence-electron chi connectivity index (χ1n) is 10.5. The summed E-state index contributed by atoms with van der Waals surface area (Å²) in [6.45, 7) is 5.44. The highest BCUT2D eigenvalue weighted by Crippen LogP contribution is 2.34. The molecular weight excluding hydrogens is 449 g/mol. The molecule has 0 aliphatic heterocycles. The van der Waals surface area contributed by atoms with E-state index in [4.69, 9.17) is 37.8 Å². The SMILES string of the molecule is CCCN(CCC)C(=O)c1cc(-c2ccc(OC)cc2OC)nn1-c1ccc(Cl)c(Cl)c1. The average molecular weight is 476 g/mol. The van der Waals surface area contributed by atoms with E-state index >= 15 is 0 Å². The van der Waals surface area contributed by atoms with E-state index in [0.717, 1.165) is 18.4 Å². The van der Waals surface area contributed by atoms with Crippen LogP contribution in [0.3, 0.4) is 0 Å². The maximum absolute atomic E-state index is 13.5. The molecule has 0 unspecified atom stereocenters. The monoisotopic (exact) mass is 475 g/mol. The molecule has 3 rings (SSSR count). The van der Waals surface area contributed by atoms with Crippen LogP contribution in [0.1, 0.15) is 37.2 Å². The highest BCUT2D eigenvalue weighted by molar-refractivity contribution is 6.42. The van der Waals surface area contributed by atoms with Gasteiger partial charge in [0, 0.05) is 24.7 Å². The van der Waals surface area contributed by atoms with Crippen molar-refractivity contribution in [3.8, 4) is 28.4 Å². The van der Waals surface area contributed by atoms with E-state index in [0.29, 0.717) is 51.7 Å². The van der Waals surface area contributed by atoms with Gasteiger partial charge in [0.15, 0.2) is 0 Å². The summed E-state index contributed by atoms with van der Waals surface area (Å²) in [6.07, 6.45) is 1.73. The smallest absolute Gasteiger partial charge is 0.272 e. The minimum Gasteiger partial charge on any atom is -0.497 e. The molecule has 8 heteroatoms. The first kappa shape index (κ1) is 24.0. The van der Waals surface area contributed by atoms with Crippen LogP contribution in [0, 0.1) is 0 Å². The molecule has 1 heterocycles. The zero-order chi connectivity index (χ0) is 23.3. The number of ether oxygens (including phenoxy) is 2. The Labute approximate surface area is 198 Å². The third-order valence-electron chi connectivity index (χ3n) is 5.04. The van der Waals surface area contributed by atoms with Crippen molar-refractivity contribution in [2.24, 2.45) is 0 Å². The van der Waals surface area contributed by atoms with Gasteiger partial charge >= 0.3 is 0 Å². The van der Waals surface area contributed by atoms with Crippen molar-refractivity contribution in [2.75, 3.05) is 27.3 Å². The summed E-state index contributed by atoms with van der Waals surface area (Å²) in [4.78, 5) is 15.4. The summed E-state index contributed by atoms with van der Waals surface area (Å²) < 4.78 is 12.5. The standard InChI is InChI=1S/C24H27Cl2N3O3/c1-5-11-28(12-6-2)24(30)22-15-21(18-9-8-17(31-3)14-23(18)32-4)27-29(22)16-7-10-19(25)20(26)13-16/h7-10,13-15H,5-6,11-12H2,1-4H3. The molecule has 0 aliphatic rings. The first-order valence-corrected chi connectivity index (χ1v) is 11.3.